The predicted molar refractivity (Wildman–Crippen MR) is 88.2 cm³/mol. The van der Waals surface area contributed by atoms with Crippen LogP contribution in [0.5, 0.6) is 5.75 Å². The summed E-state index contributed by atoms with van der Waals surface area (Å²) in [5, 5.41) is 9.02. The van der Waals surface area contributed by atoms with Gasteiger partial charge in [-0.25, -0.2) is 9.78 Å². The van der Waals surface area contributed by atoms with Crippen LogP contribution in [0.4, 0.5) is 0 Å². The molecule has 22 heavy (non-hydrogen) atoms. The lowest BCUT2D eigenvalue weighted by Crippen LogP contribution is -2.03. The van der Waals surface area contributed by atoms with Crippen LogP contribution >= 0.6 is 58.0 Å². The van der Waals surface area contributed by atoms with E-state index in [9.17, 15) is 4.79 Å². The standard InChI is InChI=1S/C13H6Cl5NO3/c1-22-5-3-2-4(13(20)21)19-12(5)6-7(14)9(16)11(18)10(17)8(6)15/h2-3H,1H3,(H,20,21). The zero-order chi connectivity index (χ0) is 16.6. The maximum Gasteiger partial charge on any atom is 0.354 e. The van der Waals surface area contributed by atoms with Gasteiger partial charge >= 0.3 is 5.97 Å². The van der Waals surface area contributed by atoms with Gasteiger partial charge in [0.25, 0.3) is 0 Å². The number of nitrogens with zero attached hydrogens (tertiary/aromatic N) is 1. The number of ether oxygens (including phenoxy) is 1. The minimum atomic E-state index is -1.22. The van der Waals surface area contributed by atoms with Crippen molar-refractivity contribution >= 4 is 64.0 Å². The molecule has 9 heteroatoms. The summed E-state index contributed by atoms with van der Waals surface area (Å²) in [6.45, 7) is 0. The van der Waals surface area contributed by atoms with Gasteiger partial charge in [-0.2, -0.15) is 0 Å². The first kappa shape index (κ1) is 17.4. The topological polar surface area (TPSA) is 59.4 Å². The number of methoxy groups -OCH3 is 1. The van der Waals surface area contributed by atoms with E-state index in [4.69, 9.17) is 67.8 Å². The fourth-order valence-corrected chi connectivity index (χ4v) is 3.04. The van der Waals surface area contributed by atoms with Gasteiger partial charge in [0.05, 0.1) is 32.2 Å². The van der Waals surface area contributed by atoms with E-state index in [1.54, 1.807) is 0 Å². The molecule has 2 aromatic rings. The lowest BCUT2D eigenvalue weighted by Gasteiger charge is -2.14. The molecular weight excluding hydrogens is 395 g/mol. The Morgan fingerprint density at radius 3 is 1.95 bits per heavy atom. The van der Waals surface area contributed by atoms with Crippen LogP contribution in [-0.2, 0) is 0 Å². The van der Waals surface area contributed by atoms with Crippen LogP contribution in [0.2, 0.25) is 25.1 Å². The second kappa shape index (κ2) is 6.69. The smallest absolute Gasteiger partial charge is 0.354 e. The SMILES string of the molecule is COc1ccc(C(=O)O)nc1-c1c(Cl)c(Cl)c(Cl)c(Cl)c1Cl. The zero-order valence-electron chi connectivity index (χ0n) is 10.8. The second-order valence-corrected chi connectivity index (χ2v) is 5.89. The van der Waals surface area contributed by atoms with Gasteiger partial charge in [0.2, 0.25) is 0 Å². The van der Waals surface area contributed by atoms with Gasteiger partial charge in [-0.1, -0.05) is 58.0 Å². The molecule has 1 heterocycles. The molecule has 0 aliphatic carbocycles. The maximum atomic E-state index is 11.1. The Balaban J connectivity index is 2.87. The third-order valence-electron chi connectivity index (χ3n) is 2.74. The monoisotopic (exact) mass is 399 g/mol. The average Bonchev–Trinajstić information content (AvgIpc) is 2.51. The fourth-order valence-electron chi connectivity index (χ4n) is 1.72. The van der Waals surface area contributed by atoms with Crippen molar-refractivity contribution in [2.24, 2.45) is 0 Å². The number of hydrogen-bond acceptors (Lipinski definition) is 3. The van der Waals surface area contributed by atoms with Crippen LogP contribution < -0.4 is 4.74 Å². The molecule has 1 aromatic heterocycles. The third-order valence-corrected chi connectivity index (χ3v) is 5.02. The van der Waals surface area contributed by atoms with Gasteiger partial charge in [-0.05, 0) is 12.1 Å². The molecule has 0 aliphatic rings. The number of hydrogen-bond donors (Lipinski definition) is 1. The molecule has 4 nitrogen and oxygen atoms in total. The molecule has 0 bridgehead atoms. The summed E-state index contributed by atoms with van der Waals surface area (Å²) in [5.74, 6) is -0.967. The van der Waals surface area contributed by atoms with Crippen LogP contribution in [0.15, 0.2) is 12.1 Å². The summed E-state index contributed by atoms with van der Waals surface area (Å²) < 4.78 is 5.16. The van der Waals surface area contributed by atoms with Gasteiger partial charge in [-0.15, -0.1) is 0 Å². The number of carbonyl (C=O) groups is 1. The van der Waals surface area contributed by atoms with E-state index in [2.05, 4.69) is 4.98 Å². The van der Waals surface area contributed by atoms with E-state index in [-0.39, 0.29) is 47.8 Å². The molecule has 0 fully saturated rings. The summed E-state index contributed by atoms with van der Waals surface area (Å²) >= 11 is 30.3. The van der Waals surface area contributed by atoms with Gasteiger partial charge < -0.3 is 9.84 Å². The molecule has 1 aromatic carbocycles. The predicted octanol–water partition coefficient (Wildman–Crippen LogP) is 5.72. The van der Waals surface area contributed by atoms with E-state index in [1.165, 1.54) is 19.2 Å². The molecule has 0 unspecified atom stereocenters. The highest BCUT2D eigenvalue weighted by Crippen LogP contribution is 2.49. The molecule has 0 saturated heterocycles. The Morgan fingerprint density at radius 1 is 1.00 bits per heavy atom. The van der Waals surface area contributed by atoms with Crippen LogP contribution in [0.25, 0.3) is 11.3 Å². The van der Waals surface area contributed by atoms with E-state index in [0.29, 0.717) is 0 Å². The lowest BCUT2D eigenvalue weighted by molar-refractivity contribution is 0.0690. The Bertz CT molecular complexity index is 750. The molecule has 0 aliphatic heterocycles. The number of aromatic nitrogens is 1. The van der Waals surface area contributed by atoms with Crippen molar-refractivity contribution in [2.45, 2.75) is 0 Å². The number of carboxylic acid groups (broad SMARTS) is 1. The van der Waals surface area contributed by atoms with Crippen LogP contribution in [0.1, 0.15) is 10.5 Å². The van der Waals surface area contributed by atoms with Crippen molar-refractivity contribution in [1.82, 2.24) is 4.98 Å². The number of halogens is 5. The Hall–Kier alpha value is -0.910. The van der Waals surface area contributed by atoms with Crippen molar-refractivity contribution in [2.75, 3.05) is 7.11 Å². The van der Waals surface area contributed by atoms with Crippen LogP contribution in [0, 0.1) is 0 Å². The van der Waals surface area contributed by atoms with E-state index >= 15 is 0 Å². The summed E-state index contributed by atoms with van der Waals surface area (Å²) in [4.78, 5) is 15.1. The number of rotatable bonds is 3. The molecule has 116 valence electrons. The Kier molecular flexibility index (Phi) is 5.30. The average molecular weight is 401 g/mol. The summed E-state index contributed by atoms with van der Waals surface area (Å²) in [5.41, 5.74) is 0.0191. The maximum absolute atomic E-state index is 11.1. The number of pyridine rings is 1. The van der Waals surface area contributed by atoms with Gasteiger partial charge in [-0.3, -0.25) is 0 Å². The highest BCUT2D eigenvalue weighted by molar-refractivity contribution is 6.56. The third kappa shape index (κ3) is 2.94. The largest absolute Gasteiger partial charge is 0.494 e. The van der Waals surface area contributed by atoms with Crippen molar-refractivity contribution in [3.05, 3.63) is 42.9 Å². The van der Waals surface area contributed by atoms with Crippen LogP contribution in [-0.4, -0.2) is 23.2 Å². The van der Waals surface area contributed by atoms with Crippen molar-refractivity contribution in [1.29, 1.82) is 0 Å². The number of carboxylic acids is 1. The van der Waals surface area contributed by atoms with Gasteiger partial charge in [0.15, 0.2) is 0 Å². The van der Waals surface area contributed by atoms with E-state index in [1.807, 2.05) is 0 Å². The van der Waals surface area contributed by atoms with E-state index in [0.717, 1.165) is 0 Å². The van der Waals surface area contributed by atoms with Crippen LogP contribution in [0.3, 0.4) is 0 Å². The first-order chi connectivity index (χ1) is 10.3. The Morgan fingerprint density at radius 2 is 1.50 bits per heavy atom. The first-order valence-electron chi connectivity index (χ1n) is 5.59. The molecule has 1 N–H and O–H groups in total. The summed E-state index contributed by atoms with van der Waals surface area (Å²) in [6.07, 6.45) is 0. The minimum absolute atomic E-state index is 0.00422. The van der Waals surface area contributed by atoms with Crippen molar-refractivity contribution < 1.29 is 14.6 Å². The highest BCUT2D eigenvalue weighted by atomic mass is 35.5. The fraction of sp³-hybridized carbons (Fsp3) is 0.0769. The summed E-state index contributed by atoms with van der Waals surface area (Å²) in [7, 11) is 1.39. The van der Waals surface area contributed by atoms with Gasteiger partial charge in [0, 0.05) is 5.56 Å². The normalized spacial score (nSPS) is 10.6. The number of aromatic carboxylic acids is 1. The molecule has 0 amide bonds. The highest BCUT2D eigenvalue weighted by Gasteiger charge is 2.24. The molecule has 2 rings (SSSR count). The summed E-state index contributed by atoms with van der Waals surface area (Å²) in [6, 6.07) is 2.71. The van der Waals surface area contributed by atoms with E-state index < -0.39 is 5.97 Å². The molecular formula is C13H6Cl5NO3. The second-order valence-electron chi connectivity index (χ2n) is 4.00. The molecule has 0 saturated carbocycles. The Labute approximate surface area is 150 Å². The van der Waals surface area contributed by atoms with Crippen molar-refractivity contribution in [3.8, 4) is 17.0 Å². The molecule has 0 spiro atoms. The quantitative estimate of drug-likeness (QED) is 0.528. The van der Waals surface area contributed by atoms with Crippen molar-refractivity contribution in [3.63, 3.8) is 0 Å². The molecule has 0 atom stereocenters. The minimum Gasteiger partial charge on any atom is -0.494 e. The lowest BCUT2D eigenvalue weighted by atomic mass is 10.1. The zero-order valence-corrected chi connectivity index (χ0v) is 14.5. The molecule has 0 radical (unpaired) electrons. The van der Waals surface area contributed by atoms with Gasteiger partial charge in [0.1, 0.15) is 17.1 Å². The first-order valence-corrected chi connectivity index (χ1v) is 7.48. The number of benzene rings is 1.